The quantitative estimate of drug-likeness (QED) is 0.625. The predicted molar refractivity (Wildman–Crippen MR) is 82.1 cm³/mol. The zero-order valence-electron chi connectivity index (χ0n) is 11.5. The molecular formula is C16H17O3S+. The lowest BCUT2D eigenvalue weighted by Gasteiger charge is -2.06. The second-order valence-electron chi connectivity index (χ2n) is 4.94. The molecule has 0 aromatic heterocycles. The van der Waals surface area contributed by atoms with Gasteiger partial charge in [0.15, 0.2) is 5.75 Å². The fourth-order valence-electron chi connectivity index (χ4n) is 1.73. The second-order valence-corrected chi connectivity index (χ2v) is 8.11. The minimum Gasteiger partial charge on any atom is -0.457 e. The number of Topliss-reactive ketones (excluding diaryl/α,β-unsaturated/α-hetero) is 1. The van der Waals surface area contributed by atoms with Gasteiger partial charge in [-0.25, -0.2) is 0 Å². The van der Waals surface area contributed by atoms with Gasteiger partial charge in [-0.05, 0) is 36.4 Å². The molecule has 0 fully saturated rings. The summed E-state index contributed by atoms with van der Waals surface area (Å²) in [4.78, 5) is 11.9. The highest BCUT2D eigenvalue weighted by molar-refractivity contribution is 8.02. The Morgan fingerprint density at radius 3 is 2.05 bits per heavy atom. The number of hydrogen-bond donors (Lipinski definition) is 0. The molecule has 0 atom stereocenters. The van der Waals surface area contributed by atoms with Crippen LogP contribution in [0.3, 0.4) is 0 Å². The first-order valence-corrected chi connectivity index (χ1v) is 8.76. The molecule has 0 N–H and O–H groups in total. The van der Waals surface area contributed by atoms with Crippen LogP contribution in [-0.2, 0) is 14.1 Å². The normalized spacial score (nSPS) is 11.1. The second kappa shape index (κ2) is 6.01. The molecule has 0 radical (unpaired) electrons. The van der Waals surface area contributed by atoms with Crippen molar-refractivity contribution in [2.24, 2.45) is 0 Å². The zero-order valence-corrected chi connectivity index (χ0v) is 12.4. The first kappa shape index (κ1) is 14.5. The van der Waals surface area contributed by atoms with Crippen LogP contribution in [0, 0.1) is 0 Å². The van der Waals surface area contributed by atoms with E-state index in [4.69, 9.17) is 4.74 Å². The molecule has 20 heavy (non-hydrogen) atoms. The maximum Gasteiger partial charge on any atom is 0.211 e. The Bertz CT molecular complexity index is 627. The summed E-state index contributed by atoms with van der Waals surface area (Å²) in [7, 11) is -2.06. The smallest absolute Gasteiger partial charge is 0.211 e. The van der Waals surface area contributed by atoms with Crippen molar-refractivity contribution in [2.75, 3.05) is 18.3 Å². The van der Waals surface area contributed by atoms with Crippen molar-refractivity contribution in [2.45, 2.75) is 0 Å². The molecule has 0 saturated heterocycles. The van der Waals surface area contributed by atoms with Crippen molar-refractivity contribution in [3.8, 4) is 11.5 Å². The van der Waals surface area contributed by atoms with Crippen LogP contribution in [0.2, 0.25) is 0 Å². The van der Waals surface area contributed by atoms with Crippen LogP contribution in [-0.4, -0.2) is 24.0 Å². The van der Waals surface area contributed by atoms with Crippen LogP contribution in [0.1, 0.15) is 10.4 Å². The van der Waals surface area contributed by atoms with E-state index in [-0.39, 0.29) is 11.5 Å². The molecule has 2 aromatic carbocycles. The number of carbonyl (C=O) groups is 1. The molecule has 4 heteroatoms. The van der Waals surface area contributed by atoms with Gasteiger partial charge in [-0.1, -0.05) is 18.2 Å². The Hall–Kier alpha value is -1.94. The molecule has 0 unspecified atom stereocenters. The van der Waals surface area contributed by atoms with E-state index >= 15 is 0 Å². The van der Waals surface area contributed by atoms with E-state index in [1.807, 2.05) is 30.3 Å². The van der Waals surface area contributed by atoms with Gasteiger partial charge in [-0.3, -0.25) is 4.79 Å². The number of para-hydroxylation sites is 1. The molecule has 0 amide bonds. The lowest BCUT2D eigenvalue weighted by atomic mass is 10.1. The largest absolute Gasteiger partial charge is 0.457 e. The number of hydrogen-bond acceptors (Lipinski definition) is 3. The highest BCUT2D eigenvalue weighted by Gasteiger charge is 2.20. The molecule has 0 bridgehead atoms. The van der Waals surface area contributed by atoms with Crippen molar-refractivity contribution in [1.82, 2.24) is 0 Å². The van der Waals surface area contributed by atoms with Gasteiger partial charge < -0.3 is 4.74 Å². The molecule has 0 spiro atoms. The summed E-state index contributed by atoms with van der Waals surface area (Å²) in [6.45, 7) is 0. The highest BCUT2D eigenvalue weighted by atomic mass is 32.2. The summed E-state index contributed by atoms with van der Waals surface area (Å²) in [6, 6.07) is 16.3. The first-order valence-electron chi connectivity index (χ1n) is 6.22. The Morgan fingerprint density at radius 2 is 1.50 bits per heavy atom. The van der Waals surface area contributed by atoms with Crippen molar-refractivity contribution in [1.29, 1.82) is 0 Å². The molecular weight excluding hydrogens is 272 g/mol. The number of ketones is 1. The average Bonchev–Trinajstić information content (AvgIpc) is 2.39. The molecule has 0 heterocycles. The van der Waals surface area contributed by atoms with Gasteiger partial charge in [-0.2, -0.15) is 0 Å². The van der Waals surface area contributed by atoms with E-state index in [0.717, 1.165) is 5.75 Å². The van der Waals surface area contributed by atoms with Gasteiger partial charge in [0.2, 0.25) is 5.78 Å². The first-order chi connectivity index (χ1) is 9.44. The Balaban J connectivity index is 2.07. The van der Waals surface area contributed by atoms with Crippen molar-refractivity contribution in [3.63, 3.8) is 0 Å². The monoisotopic (exact) mass is 289 g/mol. The van der Waals surface area contributed by atoms with Crippen molar-refractivity contribution >= 4 is 15.7 Å². The van der Waals surface area contributed by atoms with E-state index in [9.17, 15) is 9.00 Å². The lowest BCUT2D eigenvalue weighted by molar-refractivity contribution is 0.102. The van der Waals surface area contributed by atoms with E-state index < -0.39 is 9.93 Å². The maximum absolute atomic E-state index is 11.9. The summed E-state index contributed by atoms with van der Waals surface area (Å²) in [5.74, 6) is 1.38. The van der Waals surface area contributed by atoms with Gasteiger partial charge in [0, 0.05) is 5.56 Å². The van der Waals surface area contributed by atoms with E-state index in [0.29, 0.717) is 11.3 Å². The SMILES string of the molecule is C[S+](C)(=O)CC(=O)c1ccc(Oc2ccccc2)cc1. The Labute approximate surface area is 120 Å². The van der Waals surface area contributed by atoms with Gasteiger partial charge in [0.1, 0.15) is 24.0 Å². The van der Waals surface area contributed by atoms with Crippen molar-refractivity contribution in [3.05, 3.63) is 60.2 Å². The third-order valence-corrected chi connectivity index (χ3v) is 3.59. The van der Waals surface area contributed by atoms with Gasteiger partial charge in [0.05, 0.1) is 9.93 Å². The minimum absolute atomic E-state index is 0.0753. The summed E-state index contributed by atoms with van der Waals surface area (Å²) >= 11 is 0. The van der Waals surface area contributed by atoms with E-state index in [1.165, 1.54) is 0 Å². The van der Waals surface area contributed by atoms with Gasteiger partial charge >= 0.3 is 0 Å². The molecule has 0 saturated carbocycles. The van der Waals surface area contributed by atoms with Gasteiger partial charge in [-0.15, -0.1) is 4.21 Å². The third kappa shape index (κ3) is 4.31. The highest BCUT2D eigenvalue weighted by Crippen LogP contribution is 2.21. The standard InChI is InChI=1S/C16H17O3S/c1-20(2,18)12-16(17)13-8-10-15(11-9-13)19-14-6-4-3-5-7-14/h3-11H,12H2,1-2H3/q+1. The summed E-state index contributed by atoms with van der Waals surface area (Å²) < 4.78 is 17.3. The van der Waals surface area contributed by atoms with Crippen LogP contribution in [0.15, 0.2) is 54.6 Å². The van der Waals surface area contributed by atoms with Crippen LogP contribution in [0.4, 0.5) is 0 Å². The van der Waals surface area contributed by atoms with Crippen LogP contribution < -0.4 is 4.74 Å². The predicted octanol–water partition coefficient (Wildman–Crippen LogP) is 3.42. The average molecular weight is 289 g/mol. The molecule has 0 aliphatic heterocycles. The van der Waals surface area contributed by atoms with Crippen LogP contribution in [0.5, 0.6) is 11.5 Å². The number of benzene rings is 2. The fourth-order valence-corrected chi connectivity index (χ4v) is 2.53. The van der Waals surface area contributed by atoms with Crippen LogP contribution in [0.25, 0.3) is 0 Å². The summed E-state index contributed by atoms with van der Waals surface area (Å²) in [6.07, 6.45) is 3.19. The zero-order chi connectivity index (χ0) is 14.6. The molecule has 0 aliphatic rings. The summed E-state index contributed by atoms with van der Waals surface area (Å²) in [5, 5.41) is 0. The topological polar surface area (TPSA) is 43.4 Å². The third-order valence-electron chi connectivity index (χ3n) is 2.63. The van der Waals surface area contributed by atoms with Gasteiger partial charge in [0.25, 0.3) is 0 Å². The number of rotatable bonds is 5. The summed E-state index contributed by atoms with van der Waals surface area (Å²) in [5.41, 5.74) is 0.557. The fraction of sp³-hybridized carbons (Fsp3) is 0.188. The molecule has 2 rings (SSSR count). The molecule has 104 valence electrons. The van der Waals surface area contributed by atoms with E-state index in [1.54, 1.807) is 36.8 Å². The Morgan fingerprint density at radius 1 is 0.950 bits per heavy atom. The van der Waals surface area contributed by atoms with E-state index in [2.05, 4.69) is 0 Å². The number of ether oxygens (including phenoxy) is 1. The van der Waals surface area contributed by atoms with Crippen LogP contribution >= 0.6 is 0 Å². The van der Waals surface area contributed by atoms with Crippen molar-refractivity contribution < 1.29 is 13.7 Å². The lowest BCUT2D eigenvalue weighted by Crippen LogP contribution is -2.19. The minimum atomic E-state index is -2.06. The molecule has 3 nitrogen and oxygen atoms in total. The maximum atomic E-state index is 11.9. The molecule has 2 aromatic rings. The number of carbonyl (C=O) groups excluding carboxylic acids is 1. The molecule has 0 aliphatic carbocycles. The Kier molecular flexibility index (Phi) is 4.35.